The first kappa shape index (κ1) is 13.1. The number of fused-ring (bicyclic) bond motifs is 1. The van der Waals surface area contributed by atoms with E-state index in [9.17, 15) is 4.39 Å². The maximum absolute atomic E-state index is 14.2. The molecular weight excluding hydrogens is 259 g/mol. The van der Waals surface area contributed by atoms with Gasteiger partial charge < -0.3 is 15.0 Å². The van der Waals surface area contributed by atoms with Gasteiger partial charge in [0.25, 0.3) is 0 Å². The van der Waals surface area contributed by atoms with Crippen LogP contribution in [0.25, 0.3) is 11.4 Å². The largest absolute Gasteiger partial charge is 0.497 e. The molecule has 0 fully saturated rings. The van der Waals surface area contributed by atoms with Gasteiger partial charge in [-0.1, -0.05) is 0 Å². The van der Waals surface area contributed by atoms with Gasteiger partial charge in [0, 0.05) is 19.0 Å². The third-order valence-corrected chi connectivity index (χ3v) is 3.79. The molecule has 0 spiro atoms. The van der Waals surface area contributed by atoms with Gasteiger partial charge in [0.05, 0.1) is 12.7 Å². The Morgan fingerprint density at radius 3 is 3.00 bits per heavy atom. The van der Waals surface area contributed by atoms with Crippen molar-refractivity contribution in [3.05, 3.63) is 29.8 Å². The van der Waals surface area contributed by atoms with Crippen LogP contribution < -0.4 is 10.5 Å². The van der Waals surface area contributed by atoms with Gasteiger partial charge in [-0.15, -0.1) is 10.2 Å². The molecule has 1 aromatic carbocycles. The summed E-state index contributed by atoms with van der Waals surface area (Å²) in [7, 11) is 1.51. The molecule has 5 nitrogen and oxygen atoms in total. The zero-order valence-corrected chi connectivity index (χ0v) is 11.3. The number of rotatable bonds is 3. The third-order valence-electron chi connectivity index (χ3n) is 3.79. The lowest BCUT2D eigenvalue weighted by Crippen LogP contribution is -2.26. The molecule has 1 atom stereocenters. The summed E-state index contributed by atoms with van der Waals surface area (Å²) in [6, 6.07) is 4.76. The monoisotopic (exact) mass is 276 g/mol. The minimum atomic E-state index is -0.352. The Bertz CT molecular complexity index is 626. The van der Waals surface area contributed by atoms with E-state index in [4.69, 9.17) is 10.5 Å². The highest BCUT2D eigenvalue weighted by Crippen LogP contribution is 2.28. The van der Waals surface area contributed by atoms with Crippen LogP contribution in [0.4, 0.5) is 4.39 Å². The molecule has 20 heavy (non-hydrogen) atoms. The summed E-state index contributed by atoms with van der Waals surface area (Å²) in [6.45, 7) is 1.38. The summed E-state index contributed by atoms with van der Waals surface area (Å²) in [5.41, 5.74) is 6.19. The van der Waals surface area contributed by atoms with Crippen molar-refractivity contribution in [3.63, 3.8) is 0 Å². The number of hydrogen-bond acceptors (Lipinski definition) is 4. The molecule has 1 aromatic heterocycles. The molecule has 2 heterocycles. The highest BCUT2D eigenvalue weighted by Gasteiger charge is 2.24. The topological polar surface area (TPSA) is 66.0 Å². The van der Waals surface area contributed by atoms with Crippen molar-refractivity contribution >= 4 is 0 Å². The fourth-order valence-electron chi connectivity index (χ4n) is 2.59. The van der Waals surface area contributed by atoms with Crippen molar-refractivity contribution in [1.82, 2.24) is 14.8 Å². The van der Waals surface area contributed by atoms with E-state index in [-0.39, 0.29) is 5.82 Å². The van der Waals surface area contributed by atoms with Gasteiger partial charge in [-0.3, -0.25) is 0 Å². The van der Waals surface area contributed by atoms with Crippen molar-refractivity contribution < 1.29 is 9.13 Å². The van der Waals surface area contributed by atoms with Crippen molar-refractivity contribution in [2.24, 2.45) is 11.7 Å². The van der Waals surface area contributed by atoms with E-state index in [1.807, 2.05) is 4.57 Å². The van der Waals surface area contributed by atoms with Gasteiger partial charge in [0.2, 0.25) is 0 Å². The number of methoxy groups -OCH3 is 1. The normalized spacial score (nSPS) is 17.9. The summed E-state index contributed by atoms with van der Waals surface area (Å²) in [4.78, 5) is 0. The minimum absolute atomic E-state index is 0.352. The number of nitrogens with zero attached hydrogens (tertiary/aromatic N) is 3. The zero-order valence-electron chi connectivity index (χ0n) is 11.3. The van der Waals surface area contributed by atoms with Crippen LogP contribution in [0.2, 0.25) is 0 Å². The summed E-state index contributed by atoms with van der Waals surface area (Å²) in [5, 5.41) is 8.30. The molecule has 0 radical (unpaired) electrons. The van der Waals surface area contributed by atoms with Crippen molar-refractivity contribution in [2.75, 3.05) is 13.7 Å². The standard InChI is InChI=1S/C14H17FN4O/c1-20-10-3-4-11(12(15)6-10)14-18-17-13-5-2-9(7-16)8-19(13)14/h3-4,6,9H,2,5,7-8,16H2,1H3. The van der Waals surface area contributed by atoms with Gasteiger partial charge in [0.15, 0.2) is 5.82 Å². The maximum atomic E-state index is 14.2. The summed E-state index contributed by atoms with van der Waals surface area (Å²) in [5.74, 6) is 2.01. The van der Waals surface area contributed by atoms with Crippen LogP contribution in [-0.2, 0) is 13.0 Å². The molecule has 0 amide bonds. The lowest BCUT2D eigenvalue weighted by Gasteiger charge is -2.23. The number of halogens is 1. The van der Waals surface area contributed by atoms with E-state index in [2.05, 4.69) is 10.2 Å². The Morgan fingerprint density at radius 1 is 1.45 bits per heavy atom. The van der Waals surface area contributed by atoms with E-state index >= 15 is 0 Å². The van der Waals surface area contributed by atoms with Crippen LogP contribution in [0, 0.1) is 11.7 Å². The number of hydrogen-bond donors (Lipinski definition) is 1. The predicted molar refractivity (Wildman–Crippen MR) is 72.8 cm³/mol. The predicted octanol–water partition coefficient (Wildman–Crippen LogP) is 1.61. The molecule has 0 aliphatic carbocycles. The zero-order chi connectivity index (χ0) is 14.1. The number of benzene rings is 1. The van der Waals surface area contributed by atoms with E-state index in [0.29, 0.717) is 29.6 Å². The SMILES string of the molecule is COc1ccc(-c2nnc3n2CC(CN)CC3)c(F)c1. The highest BCUT2D eigenvalue weighted by atomic mass is 19.1. The minimum Gasteiger partial charge on any atom is -0.497 e. The smallest absolute Gasteiger partial charge is 0.166 e. The number of aryl methyl sites for hydroxylation is 1. The average molecular weight is 276 g/mol. The van der Waals surface area contributed by atoms with E-state index < -0.39 is 0 Å². The number of aromatic nitrogens is 3. The quantitative estimate of drug-likeness (QED) is 0.925. The number of nitrogens with two attached hydrogens (primary N) is 1. The Labute approximate surface area is 116 Å². The summed E-state index contributed by atoms with van der Waals surface area (Å²) < 4.78 is 21.2. The lowest BCUT2D eigenvalue weighted by molar-refractivity contribution is 0.375. The third kappa shape index (κ3) is 2.16. The van der Waals surface area contributed by atoms with Gasteiger partial charge in [-0.2, -0.15) is 0 Å². The molecule has 1 aliphatic rings. The Hall–Kier alpha value is -1.95. The molecule has 106 valence electrons. The molecule has 1 unspecified atom stereocenters. The Morgan fingerprint density at radius 2 is 2.30 bits per heavy atom. The fraction of sp³-hybridized carbons (Fsp3) is 0.429. The van der Waals surface area contributed by atoms with Gasteiger partial charge in [0.1, 0.15) is 17.4 Å². The van der Waals surface area contributed by atoms with Crippen LogP contribution in [0.5, 0.6) is 5.75 Å². The van der Waals surface area contributed by atoms with Crippen LogP contribution in [-0.4, -0.2) is 28.4 Å². The molecular formula is C14H17FN4O. The first-order valence-electron chi connectivity index (χ1n) is 6.69. The van der Waals surface area contributed by atoms with E-state index in [1.165, 1.54) is 13.2 Å². The van der Waals surface area contributed by atoms with E-state index in [0.717, 1.165) is 25.2 Å². The highest BCUT2D eigenvalue weighted by molar-refractivity contribution is 5.58. The second-order valence-electron chi connectivity index (χ2n) is 5.04. The first-order valence-corrected chi connectivity index (χ1v) is 6.69. The second kappa shape index (κ2) is 5.20. The lowest BCUT2D eigenvalue weighted by atomic mass is 9.99. The average Bonchev–Trinajstić information content (AvgIpc) is 2.89. The van der Waals surface area contributed by atoms with Crippen molar-refractivity contribution in [3.8, 4) is 17.1 Å². The van der Waals surface area contributed by atoms with Gasteiger partial charge in [-0.25, -0.2) is 4.39 Å². The molecule has 0 saturated heterocycles. The van der Waals surface area contributed by atoms with Gasteiger partial charge in [-0.05, 0) is 31.0 Å². The molecule has 2 N–H and O–H groups in total. The summed E-state index contributed by atoms with van der Waals surface area (Å²) >= 11 is 0. The molecule has 2 aromatic rings. The summed E-state index contributed by atoms with van der Waals surface area (Å²) in [6.07, 6.45) is 1.85. The first-order chi connectivity index (χ1) is 9.72. The van der Waals surface area contributed by atoms with Crippen LogP contribution in [0.1, 0.15) is 12.2 Å². The Kier molecular flexibility index (Phi) is 3.40. The van der Waals surface area contributed by atoms with Gasteiger partial charge >= 0.3 is 0 Å². The van der Waals surface area contributed by atoms with Crippen molar-refractivity contribution in [2.45, 2.75) is 19.4 Å². The number of ether oxygens (including phenoxy) is 1. The maximum Gasteiger partial charge on any atom is 0.166 e. The van der Waals surface area contributed by atoms with Crippen LogP contribution in [0.3, 0.4) is 0 Å². The van der Waals surface area contributed by atoms with Crippen LogP contribution in [0.15, 0.2) is 18.2 Å². The molecule has 0 saturated carbocycles. The molecule has 1 aliphatic heterocycles. The molecule has 6 heteroatoms. The van der Waals surface area contributed by atoms with Crippen molar-refractivity contribution in [1.29, 1.82) is 0 Å². The molecule has 3 rings (SSSR count). The Balaban J connectivity index is 2.01. The fourth-order valence-corrected chi connectivity index (χ4v) is 2.59. The second-order valence-corrected chi connectivity index (χ2v) is 5.04. The molecule has 0 bridgehead atoms. The van der Waals surface area contributed by atoms with Crippen LogP contribution >= 0.6 is 0 Å². The van der Waals surface area contributed by atoms with E-state index in [1.54, 1.807) is 12.1 Å².